The van der Waals surface area contributed by atoms with E-state index in [2.05, 4.69) is 6.92 Å². The van der Waals surface area contributed by atoms with Crippen LogP contribution in [0.5, 0.6) is 11.5 Å². The molecule has 0 unspecified atom stereocenters. The second-order valence-corrected chi connectivity index (χ2v) is 5.47. The number of amides is 1. The van der Waals surface area contributed by atoms with Crippen LogP contribution in [0.15, 0.2) is 18.2 Å². The molecule has 2 rings (SSSR count). The molecule has 1 aliphatic rings. The number of methoxy groups -OCH3 is 2. The molecule has 116 valence electrons. The van der Waals surface area contributed by atoms with Gasteiger partial charge < -0.3 is 14.4 Å². The molecule has 4 nitrogen and oxygen atoms in total. The Morgan fingerprint density at radius 1 is 1.24 bits per heavy atom. The molecule has 1 aromatic rings. The first-order valence-corrected chi connectivity index (χ1v) is 7.70. The number of nitrogens with zero attached hydrogens (tertiary/aromatic N) is 1. The third-order valence-corrected chi connectivity index (χ3v) is 4.26. The third-order valence-electron chi connectivity index (χ3n) is 4.26. The monoisotopic (exact) mass is 291 g/mol. The summed E-state index contributed by atoms with van der Waals surface area (Å²) in [5, 5.41) is 0. The Hall–Kier alpha value is -1.71. The van der Waals surface area contributed by atoms with Crippen molar-refractivity contribution in [1.29, 1.82) is 0 Å². The van der Waals surface area contributed by atoms with Crippen LogP contribution < -0.4 is 9.47 Å². The summed E-state index contributed by atoms with van der Waals surface area (Å²) in [6.45, 7) is 2.83. The zero-order chi connectivity index (χ0) is 15.2. The zero-order valence-corrected chi connectivity index (χ0v) is 13.2. The number of carbonyl (C=O) groups is 1. The van der Waals surface area contributed by atoms with Gasteiger partial charge in [0.25, 0.3) is 0 Å². The molecular weight excluding hydrogens is 266 g/mol. The summed E-state index contributed by atoms with van der Waals surface area (Å²) in [5.41, 5.74) is 0.887. The molecule has 21 heavy (non-hydrogen) atoms. The summed E-state index contributed by atoms with van der Waals surface area (Å²) < 4.78 is 10.6. The molecule has 1 aromatic carbocycles. The van der Waals surface area contributed by atoms with E-state index in [-0.39, 0.29) is 5.91 Å². The minimum atomic E-state index is 0.177. The fraction of sp³-hybridized carbons (Fsp3) is 0.588. The molecule has 0 spiro atoms. The summed E-state index contributed by atoms with van der Waals surface area (Å²) in [6.07, 6.45) is 5.10. The first-order chi connectivity index (χ1) is 10.2. The lowest BCUT2D eigenvalue weighted by Gasteiger charge is -2.28. The normalized spacial score (nSPS) is 15.0. The molecule has 0 atom stereocenters. The molecule has 0 radical (unpaired) electrons. The predicted octanol–water partition coefficient (Wildman–Crippen LogP) is 3.04. The predicted molar refractivity (Wildman–Crippen MR) is 82.9 cm³/mol. The Labute approximate surface area is 127 Å². The number of hydrogen-bond acceptors (Lipinski definition) is 3. The van der Waals surface area contributed by atoms with Gasteiger partial charge in [0.05, 0.1) is 20.6 Å². The number of ether oxygens (including phenoxy) is 2. The Morgan fingerprint density at radius 2 is 1.95 bits per heavy atom. The highest BCUT2D eigenvalue weighted by atomic mass is 16.5. The van der Waals surface area contributed by atoms with Crippen molar-refractivity contribution in [3.8, 4) is 11.5 Å². The molecule has 1 saturated carbocycles. The summed E-state index contributed by atoms with van der Waals surface area (Å²) in [6, 6.07) is 6.01. The molecule has 1 fully saturated rings. The van der Waals surface area contributed by atoms with Crippen LogP contribution in [0.25, 0.3) is 0 Å². The van der Waals surface area contributed by atoms with Gasteiger partial charge in [0.1, 0.15) is 11.5 Å². The smallest absolute Gasteiger partial charge is 0.227 e. The first-order valence-electron chi connectivity index (χ1n) is 7.70. The van der Waals surface area contributed by atoms with Gasteiger partial charge in [0.15, 0.2) is 0 Å². The van der Waals surface area contributed by atoms with Crippen molar-refractivity contribution < 1.29 is 14.3 Å². The van der Waals surface area contributed by atoms with Crippen molar-refractivity contribution in [2.45, 2.75) is 45.1 Å². The average Bonchev–Trinajstić information content (AvgIpc) is 3.02. The van der Waals surface area contributed by atoms with Gasteiger partial charge in [0, 0.05) is 18.2 Å². The van der Waals surface area contributed by atoms with Gasteiger partial charge >= 0.3 is 0 Å². The van der Waals surface area contributed by atoms with Crippen LogP contribution in [0.3, 0.4) is 0 Å². The second-order valence-electron chi connectivity index (χ2n) is 5.47. The Morgan fingerprint density at radius 3 is 2.52 bits per heavy atom. The van der Waals surface area contributed by atoms with Crippen LogP contribution in [0.2, 0.25) is 0 Å². The maximum absolute atomic E-state index is 12.6. The highest BCUT2D eigenvalue weighted by molar-refractivity contribution is 5.80. The lowest BCUT2D eigenvalue weighted by Crippen LogP contribution is -2.39. The number of likely N-dealkylation sites (N-methyl/N-ethyl adjacent to an activating group) is 1. The summed E-state index contributed by atoms with van der Waals surface area (Å²) >= 11 is 0. The van der Waals surface area contributed by atoms with E-state index >= 15 is 0 Å². The van der Waals surface area contributed by atoms with E-state index in [1.807, 2.05) is 23.1 Å². The number of rotatable bonds is 6. The lowest BCUT2D eigenvalue weighted by atomic mass is 10.1. The van der Waals surface area contributed by atoms with Gasteiger partial charge in [-0.05, 0) is 38.0 Å². The molecule has 0 heterocycles. The van der Waals surface area contributed by atoms with E-state index < -0.39 is 0 Å². The van der Waals surface area contributed by atoms with Crippen molar-refractivity contribution in [2.24, 2.45) is 0 Å². The molecule has 0 aromatic heterocycles. The molecule has 0 bridgehead atoms. The number of benzene rings is 1. The van der Waals surface area contributed by atoms with E-state index in [0.29, 0.717) is 12.5 Å². The summed E-state index contributed by atoms with van der Waals surface area (Å²) in [5.74, 6) is 1.67. The van der Waals surface area contributed by atoms with Gasteiger partial charge in [-0.3, -0.25) is 4.79 Å². The molecule has 4 heteroatoms. The Balaban J connectivity index is 2.13. The number of hydrogen-bond donors (Lipinski definition) is 0. The maximum atomic E-state index is 12.6. The quantitative estimate of drug-likeness (QED) is 0.808. The fourth-order valence-corrected chi connectivity index (χ4v) is 3.14. The average molecular weight is 291 g/mol. The van der Waals surface area contributed by atoms with Gasteiger partial charge in [-0.15, -0.1) is 0 Å². The van der Waals surface area contributed by atoms with Crippen LogP contribution >= 0.6 is 0 Å². The van der Waals surface area contributed by atoms with E-state index in [0.717, 1.165) is 36.4 Å². The van der Waals surface area contributed by atoms with Crippen LogP contribution in [0.1, 0.15) is 38.2 Å². The topological polar surface area (TPSA) is 38.8 Å². The van der Waals surface area contributed by atoms with Crippen molar-refractivity contribution in [1.82, 2.24) is 4.90 Å². The van der Waals surface area contributed by atoms with Gasteiger partial charge in [0.2, 0.25) is 5.91 Å². The van der Waals surface area contributed by atoms with Gasteiger partial charge in [-0.1, -0.05) is 12.8 Å². The van der Waals surface area contributed by atoms with Crippen LogP contribution in [-0.4, -0.2) is 37.6 Å². The second kappa shape index (κ2) is 7.34. The van der Waals surface area contributed by atoms with Gasteiger partial charge in [-0.25, -0.2) is 0 Å². The molecule has 1 aliphatic carbocycles. The third kappa shape index (κ3) is 3.69. The van der Waals surface area contributed by atoms with Crippen LogP contribution in [-0.2, 0) is 11.2 Å². The summed E-state index contributed by atoms with van der Waals surface area (Å²) in [4.78, 5) is 14.6. The molecule has 1 amide bonds. The van der Waals surface area contributed by atoms with Crippen molar-refractivity contribution in [3.05, 3.63) is 23.8 Å². The number of carbonyl (C=O) groups excluding carboxylic acids is 1. The molecule has 0 N–H and O–H groups in total. The van der Waals surface area contributed by atoms with Crippen molar-refractivity contribution in [3.63, 3.8) is 0 Å². The highest BCUT2D eigenvalue weighted by Crippen LogP contribution is 2.27. The SMILES string of the molecule is CCN(C(=O)Cc1cc(OC)ccc1OC)C1CCCC1. The Kier molecular flexibility index (Phi) is 5.48. The van der Waals surface area contributed by atoms with E-state index in [4.69, 9.17) is 9.47 Å². The van der Waals surface area contributed by atoms with Crippen LogP contribution in [0.4, 0.5) is 0 Å². The van der Waals surface area contributed by atoms with E-state index in [1.165, 1.54) is 12.8 Å². The molecule has 0 aliphatic heterocycles. The lowest BCUT2D eigenvalue weighted by molar-refractivity contribution is -0.132. The Bertz CT molecular complexity index is 481. The maximum Gasteiger partial charge on any atom is 0.227 e. The van der Waals surface area contributed by atoms with Crippen LogP contribution in [0, 0.1) is 0 Å². The summed E-state index contributed by atoms with van der Waals surface area (Å²) in [7, 11) is 3.26. The fourth-order valence-electron chi connectivity index (χ4n) is 3.14. The molecule has 0 saturated heterocycles. The highest BCUT2D eigenvalue weighted by Gasteiger charge is 2.25. The zero-order valence-electron chi connectivity index (χ0n) is 13.2. The minimum Gasteiger partial charge on any atom is -0.497 e. The molecular formula is C17H25NO3. The largest absolute Gasteiger partial charge is 0.497 e. The standard InChI is InChI=1S/C17H25NO3/c1-4-18(14-7-5-6-8-14)17(19)12-13-11-15(20-2)9-10-16(13)21-3/h9-11,14H,4-8,12H2,1-3H3. The minimum absolute atomic E-state index is 0.177. The van der Waals surface area contributed by atoms with Crippen molar-refractivity contribution in [2.75, 3.05) is 20.8 Å². The van der Waals surface area contributed by atoms with Crippen molar-refractivity contribution >= 4 is 5.91 Å². The van der Waals surface area contributed by atoms with E-state index in [9.17, 15) is 4.79 Å². The van der Waals surface area contributed by atoms with Gasteiger partial charge in [-0.2, -0.15) is 0 Å². The van der Waals surface area contributed by atoms with E-state index in [1.54, 1.807) is 14.2 Å². The first kappa shape index (κ1) is 15.7.